The second-order valence-electron chi connectivity index (χ2n) is 6.11. The molecule has 2 amide bonds. The van der Waals surface area contributed by atoms with Crippen LogP contribution in [0.2, 0.25) is 5.02 Å². The van der Waals surface area contributed by atoms with Gasteiger partial charge in [-0.25, -0.2) is 0 Å². The van der Waals surface area contributed by atoms with Crippen LogP contribution in [0, 0.1) is 0 Å². The van der Waals surface area contributed by atoms with Crippen LogP contribution in [0.5, 0.6) is 5.75 Å². The summed E-state index contributed by atoms with van der Waals surface area (Å²) in [5.41, 5.74) is 3.18. The van der Waals surface area contributed by atoms with E-state index in [0.29, 0.717) is 22.1 Å². The molecule has 0 saturated carbocycles. The lowest BCUT2D eigenvalue weighted by atomic mass is 10.1. The smallest absolute Gasteiger partial charge is 0.262 e. The molecular weight excluding hydrogens is 376 g/mol. The minimum Gasteiger partial charge on any atom is -0.482 e. The van der Waals surface area contributed by atoms with Crippen LogP contribution < -0.4 is 15.4 Å². The molecule has 0 atom stereocenters. The lowest BCUT2D eigenvalue weighted by Crippen LogP contribution is -2.20. The van der Waals surface area contributed by atoms with E-state index in [4.69, 9.17) is 16.3 Å². The Morgan fingerprint density at radius 1 is 0.857 bits per heavy atom. The van der Waals surface area contributed by atoms with Gasteiger partial charge in [0.25, 0.3) is 5.91 Å². The molecule has 3 aromatic rings. The average molecular weight is 395 g/mol. The van der Waals surface area contributed by atoms with Gasteiger partial charge in [-0.1, -0.05) is 54.1 Å². The van der Waals surface area contributed by atoms with Crippen molar-refractivity contribution in [3.8, 4) is 16.9 Å². The molecule has 0 aliphatic rings. The number of benzene rings is 3. The summed E-state index contributed by atoms with van der Waals surface area (Å²) in [5, 5.41) is 5.82. The van der Waals surface area contributed by atoms with E-state index < -0.39 is 0 Å². The number of carbonyl (C=O) groups excluding carboxylic acids is 2. The zero-order valence-corrected chi connectivity index (χ0v) is 16.0. The predicted molar refractivity (Wildman–Crippen MR) is 112 cm³/mol. The lowest BCUT2D eigenvalue weighted by molar-refractivity contribution is -0.118. The van der Waals surface area contributed by atoms with Crippen molar-refractivity contribution in [2.45, 2.75) is 6.92 Å². The molecule has 142 valence electrons. The van der Waals surface area contributed by atoms with Gasteiger partial charge in [0, 0.05) is 18.3 Å². The quantitative estimate of drug-likeness (QED) is 0.619. The molecule has 28 heavy (non-hydrogen) atoms. The third-order valence-electron chi connectivity index (χ3n) is 3.86. The van der Waals surface area contributed by atoms with Crippen molar-refractivity contribution in [1.29, 1.82) is 0 Å². The number of hydrogen-bond donors (Lipinski definition) is 2. The van der Waals surface area contributed by atoms with Gasteiger partial charge in [-0.05, 0) is 41.5 Å². The Morgan fingerprint density at radius 2 is 1.57 bits per heavy atom. The number of nitrogens with one attached hydrogen (secondary N) is 2. The molecule has 0 aliphatic heterocycles. The van der Waals surface area contributed by atoms with Crippen LogP contribution in [-0.2, 0) is 9.59 Å². The molecule has 0 heterocycles. The molecule has 3 rings (SSSR count). The van der Waals surface area contributed by atoms with Crippen molar-refractivity contribution in [3.05, 3.63) is 77.8 Å². The van der Waals surface area contributed by atoms with Crippen LogP contribution in [-0.4, -0.2) is 18.4 Å². The van der Waals surface area contributed by atoms with E-state index in [1.54, 1.807) is 36.4 Å². The summed E-state index contributed by atoms with van der Waals surface area (Å²) >= 11 is 6.30. The Balaban J connectivity index is 1.59. The second kappa shape index (κ2) is 9.06. The summed E-state index contributed by atoms with van der Waals surface area (Å²) in [5.74, 6) is -0.0768. The summed E-state index contributed by atoms with van der Waals surface area (Å²) < 4.78 is 5.54. The average Bonchev–Trinajstić information content (AvgIpc) is 2.67. The highest BCUT2D eigenvalue weighted by atomic mass is 35.5. The predicted octanol–water partition coefficient (Wildman–Crippen LogP) is 4.98. The van der Waals surface area contributed by atoms with E-state index in [1.165, 1.54) is 6.92 Å². The van der Waals surface area contributed by atoms with Gasteiger partial charge in [-0.3, -0.25) is 9.59 Å². The fraction of sp³-hybridized carbons (Fsp3) is 0.0909. The normalized spacial score (nSPS) is 10.2. The van der Waals surface area contributed by atoms with E-state index in [1.807, 2.05) is 36.4 Å². The molecule has 5 nitrogen and oxygen atoms in total. The largest absolute Gasteiger partial charge is 0.482 e. The number of hydrogen-bond acceptors (Lipinski definition) is 3. The van der Waals surface area contributed by atoms with Crippen molar-refractivity contribution in [3.63, 3.8) is 0 Å². The second-order valence-corrected chi connectivity index (χ2v) is 6.52. The lowest BCUT2D eigenvalue weighted by Gasteiger charge is -2.11. The maximum atomic E-state index is 12.2. The molecule has 3 aromatic carbocycles. The molecule has 0 unspecified atom stereocenters. The van der Waals surface area contributed by atoms with Crippen molar-refractivity contribution in [2.24, 2.45) is 0 Å². The van der Waals surface area contributed by atoms with Gasteiger partial charge < -0.3 is 15.4 Å². The third kappa shape index (κ3) is 5.34. The molecule has 0 aliphatic carbocycles. The summed E-state index contributed by atoms with van der Waals surface area (Å²) in [7, 11) is 0. The minimum atomic E-state index is -0.330. The van der Waals surface area contributed by atoms with Gasteiger partial charge in [-0.15, -0.1) is 0 Å². The van der Waals surface area contributed by atoms with Crippen LogP contribution >= 0.6 is 11.6 Å². The molecule has 2 N–H and O–H groups in total. The number of rotatable bonds is 6. The summed E-state index contributed by atoms with van der Waals surface area (Å²) in [6.07, 6.45) is 0. The van der Waals surface area contributed by atoms with Gasteiger partial charge in [-0.2, -0.15) is 0 Å². The standard InChI is InChI=1S/C22H19ClN2O3/c1-15(26)24-18-8-5-9-19(13-18)25-22(27)14-28-21-11-10-17(12-20(21)23)16-6-3-2-4-7-16/h2-13H,14H2,1H3,(H,24,26)(H,25,27). The van der Waals surface area contributed by atoms with Crippen molar-refractivity contribution in [1.82, 2.24) is 0 Å². The third-order valence-corrected chi connectivity index (χ3v) is 4.16. The van der Waals surface area contributed by atoms with E-state index in [2.05, 4.69) is 10.6 Å². The van der Waals surface area contributed by atoms with Crippen LogP contribution in [0.1, 0.15) is 6.92 Å². The Morgan fingerprint density at radius 3 is 2.25 bits per heavy atom. The van der Waals surface area contributed by atoms with Crippen molar-refractivity contribution in [2.75, 3.05) is 17.2 Å². The summed E-state index contributed by atoms with van der Waals surface area (Å²) in [6, 6.07) is 22.2. The zero-order valence-electron chi connectivity index (χ0n) is 15.2. The molecule has 6 heteroatoms. The van der Waals surface area contributed by atoms with Crippen LogP contribution in [0.3, 0.4) is 0 Å². The molecule has 0 aromatic heterocycles. The highest BCUT2D eigenvalue weighted by Crippen LogP contribution is 2.30. The fourth-order valence-corrected chi connectivity index (χ4v) is 2.88. The molecule has 0 bridgehead atoms. The van der Waals surface area contributed by atoms with Gasteiger partial charge in [0.15, 0.2) is 6.61 Å². The number of anilines is 2. The summed E-state index contributed by atoms with van der Waals surface area (Å²) in [4.78, 5) is 23.3. The van der Waals surface area contributed by atoms with Crippen molar-refractivity contribution < 1.29 is 14.3 Å². The van der Waals surface area contributed by atoms with E-state index in [-0.39, 0.29) is 18.4 Å². The van der Waals surface area contributed by atoms with Gasteiger partial charge >= 0.3 is 0 Å². The number of halogens is 1. The maximum absolute atomic E-state index is 12.2. The Hall–Kier alpha value is -3.31. The van der Waals surface area contributed by atoms with E-state index in [9.17, 15) is 9.59 Å². The zero-order chi connectivity index (χ0) is 19.9. The van der Waals surface area contributed by atoms with Gasteiger partial charge in [0.2, 0.25) is 5.91 Å². The molecule has 0 fully saturated rings. The SMILES string of the molecule is CC(=O)Nc1cccc(NC(=O)COc2ccc(-c3ccccc3)cc2Cl)c1. The first kappa shape index (κ1) is 19.5. The number of carbonyl (C=O) groups is 2. The highest BCUT2D eigenvalue weighted by molar-refractivity contribution is 6.32. The first-order valence-corrected chi connectivity index (χ1v) is 9.04. The minimum absolute atomic E-state index is 0.180. The molecular formula is C22H19ClN2O3. The van der Waals surface area contributed by atoms with E-state index >= 15 is 0 Å². The van der Waals surface area contributed by atoms with Crippen LogP contribution in [0.4, 0.5) is 11.4 Å². The van der Waals surface area contributed by atoms with Crippen molar-refractivity contribution >= 4 is 34.8 Å². The summed E-state index contributed by atoms with van der Waals surface area (Å²) in [6.45, 7) is 1.24. The Kier molecular flexibility index (Phi) is 6.29. The molecule has 0 radical (unpaired) electrons. The maximum Gasteiger partial charge on any atom is 0.262 e. The molecule has 0 spiro atoms. The first-order valence-electron chi connectivity index (χ1n) is 8.66. The van der Waals surface area contributed by atoms with Crippen LogP contribution in [0.25, 0.3) is 11.1 Å². The van der Waals surface area contributed by atoms with E-state index in [0.717, 1.165) is 11.1 Å². The topological polar surface area (TPSA) is 67.4 Å². The number of amides is 2. The number of ether oxygens (including phenoxy) is 1. The fourth-order valence-electron chi connectivity index (χ4n) is 2.65. The van der Waals surface area contributed by atoms with Gasteiger partial charge in [0.1, 0.15) is 5.75 Å². The van der Waals surface area contributed by atoms with Gasteiger partial charge in [0.05, 0.1) is 5.02 Å². The monoisotopic (exact) mass is 394 g/mol. The first-order chi connectivity index (χ1) is 13.5. The molecule has 0 saturated heterocycles. The Labute approximate surface area is 168 Å². The van der Waals surface area contributed by atoms with Crippen LogP contribution in [0.15, 0.2) is 72.8 Å². The Bertz CT molecular complexity index is 990. The highest BCUT2D eigenvalue weighted by Gasteiger charge is 2.09.